The second-order valence-corrected chi connectivity index (χ2v) is 2.20. The first kappa shape index (κ1) is 8.54. The van der Waals surface area contributed by atoms with Gasteiger partial charge in [0.2, 0.25) is 0 Å². The Hall–Kier alpha value is -1.56. The zero-order chi connectivity index (χ0) is 8.97. The predicted molar refractivity (Wildman–Crippen MR) is 45.2 cm³/mol. The zero-order valence-electron chi connectivity index (χ0n) is 6.39. The minimum atomic E-state index is -0.515. The molecule has 0 bridgehead atoms. The highest BCUT2D eigenvalue weighted by molar-refractivity contribution is 5.36. The van der Waals surface area contributed by atoms with Gasteiger partial charge >= 0.3 is 5.69 Å². The van der Waals surface area contributed by atoms with Gasteiger partial charge < -0.3 is 16.0 Å². The van der Waals surface area contributed by atoms with Gasteiger partial charge in [0.15, 0.2) is 0 Å². The fraction of sp³-hybridized carbons (Fsp3) is 0.333. The Balaban J connectivity index is 2.87. The van der Waals surface area contributed by atoms with E-state index in [0.29, 0.717) is 18.8 Å². The smallest absolute Gasteiger partial charge is 0.325 e. The van der Waals surface area contributed by atoms with E-state index >= 15 is 0 Å². The lowest BCUT2D eigenvalue weighted by atomic mass is 10.5. The fourth-order valence-electron chi connectivity index (χ4n) is 0.748. The Bertz CT molecular complexity index is 353. The van der Waals surface area contributed by atoms with Gasteiger partial charge in [-0.1, -0.05) is 0 Å². The van der Waals surface area contributed by atoms with Gasteiger partial charge in [-0.3, -0.25) is 9.78 Å². The Kier molecular flexibility index (Phi) is 2.65. The molecule has 1 aromatic rings. The lowest BCUT2D eigenvalue weighted by molar-refractivity contribution is 0.987. The van der Waals surface area contributed by atoms with Crippen LogP contribution in [0.2, 0.25) is 0 Å². The number of anilines is 1. The quantitative estimate of drug-likeness (QED) is 0.440. The van der Waals surface area contributed by atoms with E-state index < -0.39 is 11.2 Å². The summed E-state index contributed by atoms with van der Waals surface area (Å²) in [6, 6.07) is 0. The maximum atomic E-state index is 11.0. The van der Waals surface area contributed by atoms with Crippen molar-refractivity contribution in [2.24, 2.45) is 5.73 Å². The van der Waals surface area contributed by atoms with Crippen LogP contribution >= 0.6 is 0 Å². The molecule has 0 saturated heterocycles. The molecule has 6 nitrogen and oxygen atoms in total. The molecule has 5 N–H and O–H groups in total. The van der Waals surface area contributed by atoms with Crippen molar-refractivity contribution in [2.45, 2.75) is 0 Å². The van der Waals surface area contributed by atoms with Crippen LogP contribution in [0.3, 0.4) is 0 Å². The maximum Gasteiger partial charge on any atom is 0.325 e. The molecule has 0 amide bonds. The molecule has 0 radical (unpaired) electrons. The van der Waals surface area contributed by atoms with Gasteiger partial charge in [0, 0.05) is 19.3 Å². The van der Waals surface area contributed by atoms with Gasteiger partial charge in [-0.25, -0.2) is 4.79 Å². The zero-order valence-corrected chi connectivity index (χ0v) is 6.39. The van der Waals surface area contributed by atoms with E-state index in [1.54, 1.807) is 0 Å². The third kappa shape index (κ3) is 1.96. The summed E-state index contributed by atoms with van der Waals surface area (Å²) in [4.78, 5) is 25.9. The average molecular weight is 170 g/mol. The molecule has 0 aliphatic heterocycles. The normalized spacial score (nSPS) is 9.75. The summed E-state index contributed by atoms with van der Waals surface area (Å²) in [7, 11) is 0. The van der Waals surface area contributed by atoms with Gasteiger partial charge in [-0.2, -0.15) is 0 Å². The van der Waals surface area contributed by atoms with Gasteiger partial charge in [0.25, 0.3) is 5.56 Å². The highest BCUT2D eigenvalue weighted by Gasteiger charge is 1.96. The van der Waals surface area contributed by atoms with Crippen molar-refractivity contribution in [2.75, 3.05) is 18.4 Å². The summed E-state index contributed by atoms with van der Waals surface area (Å²) in [5.41, 5.74) is 4.58. The fourth-order valence-corrected chi connectivity index (χ4v) is 0.748. The Labute approximate surface area is 67.8 Å². The molecule has 6 heteroatoms. The molecule has 0 saturated carbocycles. The highest BCUT2D eigenvalue weighted by atomic mass is 16.2. The SMILES string of the molecule is NCCNc1c[nH]c(=O)[nH]c1=O. The number of aromatic nitrogens is 2. The highest BCUT2D eigenvalue weighted by Crippen LogP contribution is 1.88. The van der Waals surface area contributed by atoms with E-state index in [1.165, 1.54) is 6.20 Å². The van der Waals surface area contributed by atoms with Crippen LogP contribution in [0.15, 0.2) is 15.8 Å². The first-order chi connectivity index (χ1) is 5.74. The molecular formula is C6H10N4O2. The molecule has 0 spiro atoms. The minimum absolute atomic E-state index is 0.319. The van der Waals surface area contributed by atoms with Crippen LogP contribution in [0.5, 0.6) is 0 Å². The molecular weight excluding hydrogens is 160 g/mol. The monoisotopic (exact) mass is 170 g/mol. The summed E-state index contributed by atoms with van der Waals surface area (Å²) in [6.45, 7) is 0.924. The molecule has 0 atom stereocenters. The Morgan fingerprint density at radius 1 is 1.50 bits per heavy atom. The molecule has 1 aromatic heterocycles. The van der Waals surface area contributed by atoms with Gasteiger partial charge in [-0.05, 0) is 0 Å². The van der Waals surface area contributed by atoms with Gasteiger partial charge in [0.1, 0.15) is 5.69 Å². The number of nitrogens with two attached hydrogens (primary N) is 1. The standard InChI is InChI=1S/C6H10N4O2/c7-1-2-8-4-3-9-6(12)10-5(4)11/h3,8H,1-2,7H2,(H2,9,10,11,12). The third-order valence-electron chi connectivity index (χ3n) is 1.28. The van der Waals surface area contributed by atoms with Gasteiger partial charge in [-0.15, -0.1) is 0 Å². The summed E-state index contributed by atoms with van der Waals surface area (Å²) < 4.78 is 0. The van der Waals surface area contributed by atoms with Crippen molar-refractivity contribution in [3.05, 3.63) is 27.0 Å². The minimum Gasteiger partial charge on any atom is -0.378 e. The first-order valence-corrected chi connectivity index (χ1v) is 3.50. The van der Waals surface area contributed by atoms with Crippen LogP contribution < -0.4 is 22.3 Å². The summed E-state index contributed by atoms with van der Waals surface area (Å²) in [6.07, 6.45) is 1.32. The van der Waals surface area contributed by atoms with Crippen LogP contribution in [0.1, 0.15) is 0 Å². The van der Waals surface area contributed by atoms with Crippen molar-refractivity contribution in [3.63, 3.8) is 0 Å². The van der Waals surface area contributed by atoms with Crippen molar-refractivity contribution in [1.29, 1.82) is 0 Å². The maximum absolute atomic E-state index is 11.0. The number of nitrogens with one attached hydrogen (secondary N) is 3. The molecule has 0 fully saturated rings. The third-order valence-corrected chi connectivity index (χ3v) is 1.28. The molecule has 0 unspecified atom stereocenters. The van der Waals surface area contributed by atoms with Crippen molar-refractivity contribution in [3.8, 4) is 0 Å². The van der Waals surface area contributed by atoms with E-state index in [1.807, 2.05) is 0 Å². The average Bonchev–Trinajstić information content (AvgIpc) is 2.03. The largest absolute Gasteiger partial charge is 0.378 e. The van der Waals surface area contributed by atoms with Crippen LogP contribution in [-0.4, -0.2) is 23.1 Å². The number of aromatic amines is 2. The van der Waals surface area contributed by atoms with Crippen LogP contribution in [0, 0.1) is 0 Å². The predicted octanol–water partition coefficient (Wildman–Crippen LogP) is -1.57. The number of rotatable bonds is 3. The second-order valence-electron chi connectivity index (χ2n) is 2.20. The van der Waals surface area contributed by atoms with Crippen molar-refractivity contribution < 1.29 is 0 Å². The summed E-state index contributed by atoms with van der Waals surface area (Å²) in [5, 5.41) is 2.75. The first-order valence-electron chi connectivity index (χ1n) is 3.50. The topological polar surface area (TPSA) is 104 Å². The van der Waals surface area contributed by atoms with Crippen molar-refractivity contribution >= 4 is 5.69 Å². The molecule has 0 aliphatic rings. The van der Waals surface area contributed by atoms with E-state index in [4.69, 9.17) is 5.73 Å². The van der Waals surface area contributed by atoms with E-state index in [-0.39, 0.29) is 0 Å². The van der Waals surface area contributed by atoms with Crippen LogP contribution in [-0.2, 0) is 0 Å². The number of H-pyrrole nitrogens is 2. The molecule has 0 aliphatic carbocycles. The molecule has 12 heavy (non-hydrogen) atoms. The molecule has 1 rings (SSSR count). The Morgan fingerprint density at radius 2 is 2.25 bits per heavy atom. The van der Waals surface area contributed by atoms with Crippen LogP contribution in [0.25, 0.3) is 0 Å². The lowest BCUT2D eigenvalue weighted by Crippen LogP contribution is -2.26. The lowest BCUT2D eigenvalue weighted by Gasteiger charge is -2.00. The van der Waals surface area contributed by atoms with Gasteiger partial charge in [0.05, 0.1) is 0 Å². The second kappa shape index (κ2) is 3.72. The van der Waals surface area contributed by atoms with Crippen molar-refractivity contribution in [1.82, 2.24) is 9.97 Å². The molecule has 0 aromatic carbocycles. The summed E-state index contributed by atoms with van der Waals surface area (Å²) >= 11 is 0. The van der Waals surface area contributed by atoms with E-state index in [0.717, 1.165) is 0 Å². The molecule has 1 heterocycles. The molecule has 66 valence electrons. The van der Waals surface area contributed by atoms with Crippen LogP contribution in [0.4, 0.5) is 5.69 Å². The number of hydrogen-bond donors (Lipinski definition) is 4. The number of hydrogen-bond acceptors (Lipinski definition) is 4. The van der Waals surface area contributed by atoms with E-state index in [9.17, 15) is 9.59 Å². The summed E-state index contributed by atoms with van der Waals surface area (Å²) in [5.74, 6) is 0. The Morgan fingerprint density at radius 3 is 2.83 bits per heavy atom. The van der Waals surface area contributed by atoms with E-state index in [2.05, 4.69) is 15.3 Å².